The van der Waals surface area contributed by atoms with Crippen LogP contribution in [0.1, 0.15) is 5.56 Å². The maximum atomic E-state index is 12.4. The van der Waals surface area contributed by atoms with E-state index in [1.165, 1.54) is 19.3 Å². The van der Waals surface area contributed by atoms with E-state index in [4.69, 9.17) is 9.47 Å². The number of aromatic hydroxyl groups is 1. The molecule has 1 amide bonds. The minimum absolute atomic E-state index is 0.0624. The Bertz CT molecular complexity index is 910. The minimum Gasteiger partial charge on any atom is -0.504 e. The van der Waals surface area contributed by atoms with Gasteiger partial charge in [-0.3, -0.25) is 4.79 Å². The molecule has 1 aliphatic heterocycles. The van der Waals surface area contributed by atoms with Gasteiger partial charge >= 0.3 is 0 Å². The molecule has 7 heteroatoms. The quantitative estimate of drug-likeness (QED) is 0.613. The Kier molecular flexibility index (Phi) is 6.14. The van der Waals surface area contributed by atoms with Gasteiger partial charge in [-0.15, -0.1) is 0 Å². The zero-order valence-corrected chi connectivity index (χ0v) is 15.5. The standard InChI is InChI=1S/C21H21N3O4/c1-27-20-7-2-15(13-19(20)25)12-16(14-22)21(26)23-17-3-5-18(6-4-17)24-8-10-28-11-9-24/h2-7,12-13,25H,8-11H2,1H3,(H,23,26)/b16-12+. The van der Waals surface area contributed by atoms with Crippen LogP contribution >= 0.6 is 0 Å². The molecule has 0 bridgehead atoms. The first-order chi connectivity index (χ1) is 13.6. The molecule has 1 saturated heterocycles. The molecule has 0 spiro atoms. The summed E-state index contributed by atoms with van der Waals surface area (Å²) in [7, 11) is 1.45. The summed E-state index contributed by atoms with van der Waals surface area (Å²) in [4.78, 5) is 14.6. The number of carbonyl (C=O) groups is 1. The van der Waals surface area contributed by atoms with Gasteiger partial charge in [-0.2, -0.15) is 5.26 Å². The smallest absolute Gasteiger partial charge is 0.266 e. The van der Waals surface area contributed by atoms with E-state index in [1.807, 2.05) is 18.2 Å². The van der Waals surface area contributed by atoms with E-state index in [1.54, 1.807) is 24.3 Å². The molecule has 28 heavy (non-hydrogen) atoms. The number of carbonyl (C=O) groups excluding carboxylic acids is 1. The largest absolute Gasteiger partial charge is 0.504 e. The van der Waals surface area contributed by atoms with E-state index < -0.39 is 5.91 Å². The van der Waals surface area contributed by atoms with Crippen LogP contribution in [0.25, 0.3) is 6.08 Å². The summed E-state index contributed by atoms with van der Waals surface area (Å²) in [6, 6.07) is 14.0. The molecule has 0 radical (unpaired) electrons. The van der Waals surface area contributed by atoms with Crippen LogP contribution in [0.15, 0.2) is 48.0 Å². The Morgan fingerprint density at radius 1 is 1.25 bits per heavy atom. The lowest BCUT2D eigenvalue weighted by atomic mass is 10.1. The molecule has 7 nitrogen and oxygen atoms in total. The molecule has 2 aromatic rings. The molecule has 2 N–H and O–H groups in total. The summed E-state index contributed by atoms with van der Waals surface area (Å²) < 4.78 is 10.3. The number of hydrogen-bond acceptors (Lipinski definition) is 6. The fourth-order valence-corrected chi connectivity index (χ4v) is 2.89. The van der Waals surface area contributed by atoms with Crippen molar-refractivity contribution in [2.75, 3.05) is 43.6 Å². The van der Waals surface area contributed by atoms with Gasteiger partial charge in [0.2, 0.25) is 0 Å². The Morgan fingerprint density at radius 3 is 2.57 bits per heavy atom. The lowest BCUT2D eigenvalue weighted by molar-refractivity contribution is -0.112. The van der Waals surface area contributed by atoms with Crippen LogP contribution in [0.3, 0.4) is 0 Å². The number of phenolic OH excluding ortho intramolecular Hbond substituents is 1. The number of hydrogen-bond donors (Lipinski definition) is 2. The van der Waals surface area contributed by atoms with Gasteiger partial charge in [-0.05, 0) is 48.0 Å². The van der Waals surface area contributed by atoms with Gasteiger partial charge in [0.15, 0.2) is 11.5 Å². The van der Waals surface area contributed by atoms with E-state index in [9.17, 15) is 15.2 Å². The first-order valence-electron chi connectivity index (χ1n) is 8.83. The van der Waals surface area contributed by atoms with Gasteiger partial charge < -0.3 is 24.8 Å². The molecule has 144 valence electrons. The second kappa shape index (κ2) is 8.93. The third kappa shape index (κ3) is 4.61. The monoisotopic (exact) mass is 379 g/mol. The van der Waals surface area contributed by atoms with Crippen molar-refractivity contribution in [3.63, 3.8) is 0 Å². The fraction of sp³-hybridized carbons (Fsp3) is 0.238. The third-order valence-corrected chi connectivity index (χ3v) is 4.38. The number of rotatable bonds is 5. The maximum Gasteiger partial charge on any atom is 0.266 e. The Morgan fingerprint density at radius 2 is 1.96 bits per heavy atom. The molecule has 1 aliphatic rings. The zero-order valence-electron chi connectivity index (χ0n) is 15.5. The van der Waals surface area contributed by atoms with E-state index in [0.29, 0.717) is 30.2 Å². The van der Waals surface area contributed by atoms with Crippen LogP contribution in [0.2, 0.25) is 0 Å². The molecule has 3 rings (SSSR count). The second-order valence-corrected chi connectivity index (χ2v) is 6.20. The van der Waals surface area contributed by atoms with Gasteiger partial charge in [0.1, 0.15) is 11.6 Å². The zero-order chi connectivity index (χ0) is 19.9. The summed E-state index contributed by atoms with van der Waals surface area (Å²) >= 11 is 0. The molecule has 0 unspecified atom stereocenters. The van der Waals surface area contributed by atoms with Crippen molar-refractivity contribution < 1.29 is 19.4 Å². The van der Waals surface area contributed by atoms with Crippen LogP contribution < -0.4 is 15.0 Å². The normalized spacial score (nSPS) is 14.3. The Hall–Kier alpha value is -3.50. The van der Waals surface area contributed by atoms with E-state index in [-0.39, 0.29) is 11.3 Å². The van der Waals surface area contributed by atoms with E-state index >= 15 is 0 Å². The first-order valence-corrected chi connectivity index (χ1v) is 8.83. The first kappa shape index (κ1) is 19.3. The highest BCUT2D eigenvalue weighted by molar-refractivity contribution is 6.09. The number of benzene rings is 2. The number of morpholine rings is 1. The number of phenols is 1. The van der Waals surface area contributed by atoms with Crippen molar-refractivity contribution in [1.82, 2.24) is 0 Å². The molecular weight excluding hydrogens is 358 g/mol. The predicted molar refractivity (Wildman–Crippen MR) is 106 cm³/mol. The SMILES string of the molecule is COc1ccc(/C=C(\C#N)C(=O)Nc2ccc(N3CCOCC3)cc2)cc1O. The lowest BCUT2D eigenvalue weighted by Gasteiger charge is -2.28. The highest BCUT2D eigenvalue weighted by Crippen LogP contribution is 2.27. The maximum absolute atomic E-state index is 12.4. The van der Waals surface area contributed by atoms with Gasteiger partial charge in [-0.25, -0.2) is 0 Å². The van der Waals surface area contributed by atoms with Crippen molar-refractivity contribution in [2.45, 2.75) is 0 Å². The summed E-state index contributed by atoms with van der Waals surface area (Å²) in [5.74, 6) is -0.259. The molecular formula is C21H21N3O4. The summed E-state index contributed by atoms with van der Waals surface area (Å²) in [6.45, 7) is 3.08. The van der Waals surface area contributed by atoms with Crippen LogP contribution in [0.5, 0.6) is 11.5 Å². The summed E-state index contributed by atoms with van der Waals surface area (Å²) in [5.41, 5.74) is 2.11. The Labute approximate surface area is 163 Å². The third-order valence-electron chi connectivity index (χ3n) is 4.38. The number of amides is 1. The van der Waals surface area contributed by atoms with Crippen LogP contribution in [0, 0.1) is 11.3 Å². The van der Waals surface area contributed by atoms with Crippen molar-refractivity contribution >= 4 is 23.4 Å². The van der Waals surface area contributed by atoms with Crippen molar-refractivity contribution in [2.24, 2.45) is 0 Å². The number of anilines is 2. The Balaban J connectivity index is 1.70. The van der Waals surface area contributed by atoms with Crippen molar-refractivity contribution in [1.29, 1.82) is 5.26 Å². The topological polar surface area (TPSA) is 94.8 Å². The molecule has 0 aromatic heterocycles. The van der Waals surface area contributed by atoms with Crippen LogP contribution in [0.4, 0.5) is 11.4 Å². The van der Waals surface area contributed by atoms with Gasteiger partial charge in [-0.1, -0.05) is 6.07 Å². The average molecular weight is 379 g/mol. The second-order valence-electron chi connectivity index (χ2n) is 6.20. The number of nitriles is 1. The molecule has 1 fully saturated rings. The summed E-state index contributed by atoms with van der Waals surface area (Å²) in [6.07, 6.45) is 1.41. The van der Waals surface area contributed by atoms with Crippen LogP contribution in [-0.2, 0) is 9.53 Å². The molecule has 0 aliphatic carbocycles. The van der Waals surface area contributed by atoms with E-state index in [2.05, 4.69) is 10.2 Å². The predicted octanol–water partition coefficient (Wildman–Crippen LogP) is 2.78. The van der Waals surface area contributed by atoms with Crippen molar-refractivity contribution in [3.05, 3.63) is 53.6 Å². The summed E-state index contributed by atoms with van der Waals surface area (Å²) in [5, 5.41) is 21.9. The van der Waals surface area contributed by atoms with Gasteiger partial charge in [0.25, 0.3) is 5.91 Å². The highest BCUT2D eigenvalue weighted by atomic mass is 16.5. The molecule has 2 aromatic carbocycles. The lowest BCUT2D eigenvalue weighted by Crippen LogP contribution is -2.36. The molecule has 1 heterocycles. The molecule has 0 atom stereocenters. The van der Waals surface area contributed by atoms with Crippen molar-refractivity contribution in [3.8, 4) is 17.6 Å². The minimum atomic E-state index is -0.517. The van der Waals surface area contributed by atoms with Gasteiger partial charge in [0, 0.05) is 24.5 Å². The highest BCUT2D eigenvalue weighted by Gasteiger charge is 2.13. The van der Waals surface area contributed by atoms with E-state index in [0.717, 1.165) is 18.8 Å². The molecule has 0 saturated carbocycles. The fourth-order valence-electron chi connectivity index (χ4n) is 2.89. The van der Waals surface area contributed by atoms with Crippen LogP contribution in [-0.4, -0.2) is 44.4 Å². The number of nitrogens with zero attached hydrogens (tertiary/aromatic N) is 2. The average Bonchev–Trinajstić information content (AvgIpc) is 2.73. The number of nitrogens with one attached hydrogen (secondary N) is 1. The number of methoxy groups -OCH3 is 1. The number of ether oxygens (including phenoxy) is 2. The van der Waals surface area contributed by atoms with Gasteiger partial charge in [0.05, 0.1) is 20.3 Å².